The van der Waals surface area contributed by atoms with Crippen LogP contribution in [0, 0.1) is 0 Å². The number of benzene rings is 1. The van der Waals surface area contributed by atoms with Crippen molar-refractivity contribution in [3.8, 4) is 0 Å². The predicted molar refractivity (Wildman–Crippen MR) is 82.3 cm³/mol. The van der Waals surface area contributed by atoms with E-state index in [1.165, 1.54) is 0 Å². The first-order valence-electron chi connectivity index (χ1n) is 6.75. The molecule has 20 heavy (non-hydrogen) atoms. The Morgan fingerprint density at radius 2 is 1.90 bits per heavy atom. The van der Waals surface area contributed by atoms with Gasteiger partial charge >= 0.3 is 0 Å². The van der Waals surface area contributed by atoms with E-state index in [1.807, 2.05) is 18.7 Å². The summed E-state index contributed by atoms with van der Waals surface area (Å²) in [5.41, 5.74) is 0.722. The highest BCUT2D eigenvalue weighted by molar-refractivity contribution is 8.00. The summed E-state index contributed by atoms with van der Waals surface area (Å²) in [4.78, 5) is 0.299. The monoisotopic (exact) mass is 315 g/mol. The van der Waals surface area contributed by atoms with Gasteiger partial charge in [-0.2, -0.15) is 16.1 Å². The standard InChI is InChI=1S/C14H21NO3S2/c1-10-12(3)19-9-8-15(10)20(17,18)14-6-4-13(5-7-14)11(2)16/h4-7,10-12,16H,8-9H2,1-3H3. The summed E-state index contributed by atoms with van der Waals surface area (Å²) in [5, 5.41) is 9.78. The molecule has 2 rings (SSSR count). The number of aliphatic hydroxyl groups excluding tert-OH is 1. The van der Waals surface area contributed by atoms with Crippen LogP contribution in [0.1, 0.15) is 32.4 Å². The van der Waals surface area contributed by atoms with Crippen LogP contribution in [0.3, 0.4) is 0 Å². The largest absolute Gasteiger partial charge is 0.389 e. The first-order chi connectivity index (χ1) is 9.34. The molecule has 1 aliphatic heterocycles. The van der Waals surface area contributed by atoms with Crippen LogP contribution < -0.4 is 0 Å². The molecule has 1 aliphatic rings. The number of aliphatic hydroxyl groups is 1. The summed E-state index contributed by atoms with van der Waals surface area (Å²) >= 11 is 1.81. The zero-order valence-electron chi connectivity index (χ0n) is 12.0. The molecule has 112 valence electrons. The zero-order chi connectivity index (χ0) is 14.9. The molecule has 1 aromatic rings. The van der Waals surface area contributed by atoms with Crippen molar-refractivity contribution in [2.45, 2.75) is 43.1 Å². The SMILES string of the molecule is CC(O)c1ccc(S(=O)(=O)N2CCSC(C)C2C)cc1. The van der Waals surface area contributed by atoms with E-state index >= 15 is 0 Å². The Balaban J connectivity index is 2.30. The number of sulfonamides is 1. The molecule has 0 aliphatic carbocycles. The maximum absolute atomic E-state index is 12.7. The second-order valence-electron chi connectivity index (χ2n) is 5.18. The van der Waals surface area contributed by atoms with Crippen molar-refractivity contribution in [2.24, 2.45) is 0 Å². The minimum absolute atomic E-state index is 0.00445. The van der Waals surface area contributed by atoms with Crippen LogP contribution in [0.15, 0.2) is 29.2 Å². The summed E-state index contributed by atoms with van der Waals surface area (Å²) in [6.07, 6.45) is -0.586. The van der Waals surface area contributed by atoms with Crippen molar-refractivity contribution in [3.05, 3.63) is 29.8 Å². The first-order valence-corrected chi connectivity index (χ1v) is 9.24. The average Bonchev–Trinajstić information content (AvgIpc) is 2.41. The molecule has 6 heteroatoms. The minimum Gasteiger partial charge on any atom is -0.389 e. The molecule has 0 bridgehead atoms. The Morgan fingerprint density at radius 3 is 2.45 bits per heavy atom. The minimum atomic E-state index is -3.45. The fraction of sp³-hybridized carbons (Fsp3) is 0.571. The Kier molecular flexibility index (Phi) is 4.79. The van der Waals surface area contributed by atoms with E-state index in [2.05, 4.69) is 6.92 Å². The third kappa shape index (κ3) is 3.03. The van der Waals surface area contributed by atoms with Crippen molar-refractivity contribution in [2.75, 3.05) is 12.3 Å². The third-order valence-electron chi connectivity index (χ3n) is 3.80. The van der Waals surface area contributed by atoms with Crippen molar-refractivity contribution >= 4 is 21.8 Å². The van der Waals surface area contributed by atoms with Crippen LogP contribution in [0.5, 0.6) is 0 Å². The van der Waals surface area contributed by atoms with E-state index < -0.39 is 16.1 Å². The fourth-order valence-corrected chi connectivity index (χ4v) is 5.29. The zero-order valence-corrected chi connectivity index (χ0v) is 13.6. The van der Waals surface area contributed by atoms with E-state index in [1.54, 1.807) is 35.5 Å². The van der Waals surface area contributed by atoms with Crippen LogP contribution in [-0.2, 0) is 10.0 Å². The second-order valence-corrected chi connectivity index (χ2v) is 8.55. The summed E-state index contributed by atoms with van der Waals surface area (Å²) < 4.78 is 26.9. The molecule has 0 spiro atoms. The smallest absolute Gasteiger partial charge is 0.243 e. The Labute approximate surface area is 125 Å². The van der Waals surface area contributed by atoms with Gasteiger partial charge in [-0.3, -0.25) is 0 Å². The van der Waals surface area contributed by atoms with Gasteiger partial charge < -0.3 is 5.11 Å². The van der Waals surface area contributed by atoms with Gasteiger partial charge in [-0.15, -0.1) is 0 Å². The molecule has 1 N–H and O–H groups in total. The van der Waals surface area contributed by atoms with E-state index in [9.17, 15) is 13.5 Å². The molecule has 1 saturated heterocycles. The Hall–Kier alpha value is -0.560. The highest BCUT2D eigenvalue weighted by Crippen LogP contribution is 2.29. The maximum Gasteiger partial charge on any atom is 0.243 e. The van der Waals surface area contributed by atoms with Crippen molar-refractivity contribution in [3.63, 3.8) is 0 Å². The fourth-order valence-electron chi connectivity index (χ4n) is 2.30. The summed E-state index contributed by atoms with van der Waals surface area (Å²) in [7, 11) is -3.45. The molecule has 4 nitrogen and oxygen atoms in total. The lowest BCUT2D eigenvalue weighted by Gasteiger charge is -2.36. The molecule has 1 fully saturated rings. The van der Waals surface area contributed by atoms with E-state index in [0.717, 1.165) is 11.3 Å². The number of hydrogen-bond donors (Lipinski definition) is 1. The number of rotatable bonds is 3. The molecule has 0 saturated carbocycles. The molecule has 1 aromatic carbocycles. The first kappa shape index (κ1) is 15.8. The number of thioether (sulfide) groups is 1. The molecule has 0 amide bonds. The van der Waals surface area contributed by atoms with Gasteiger partial charge in [0.2, 0.25) is 10.0 Å². The quantitative estimate of drug-likeness (QED) is 0.929. The third-order valence-corrected chi connectivity index (χ3v) is 7.13. The second kappa shape index (κ2) is 6.05. The summed E-state index contributed by atoms with van der Waals surface area (Å²) in [6, 6.07) is 6.50. The lowest BCUT2D eigenvalue weighted by atomic mass is 10.1. The molecule has 3 atom stereocenters. The normalized spacial score (nSPS) is 26.4. The van der Waals surface area contributed by atoms with Crippen LogP contribution >= 0.6 is 11.8 Å². The Morgan fingerprint density at radius 1 is 1.30 bits per heavy atom. The summed E-state index contributed by atoms with van der Waals surface area (Å²) in [6.45, 7) is 6.23. The van der Waals surface area contributed by atoms with E-state index in [4.69, 9.17) is 0 Å². The Bertz CT molecular complexity index is 554. The average molecular weight is 315 g/mol. The van der Waals surface area contributed by atoms with Crippen LogP contribution in [0.4, 0.5) is 0 Å². The van der Waals surface area contributed by atoms with Gasteiger partial charge in [-0.05, 0) is 31.5 Å². The highest BCUT2D eigenvalue weighted by Gasteiger charge is 2.34. The van der Waals surface area contributed by atoms with Gasteiger partial charge in [0, 0.05) is 23.6 Å². The van der Waals surface area contributed by atoms with E-state index in [0.29, 0.717) is 16.7 Å². The van der Waals surface area contributed by atoms with Gasteiger partial charge in [0.15, 0.2) is 0 Å². The van der Waals surface area contributed by atoms with Gasteiger partial charge in [-0.1, -0.05) is 19.1 Å². The molecule has 0 aromatic heterocycles. The lowest BCUT2D eigenvalue weighted by molar-refractivity contribution is 0.199. The van der Waals surface area contributed by atoms with Gasteiger partial charge in [0.25, 0.3) is 0 Å². The lowest BCUT2D eigenvalue weighted by Crippen LogP contribution is -2.47. The predicted octanol–water partition coefficient (Wildman–Crippen LogP) is 2.25. The van der Waals surface area contributed by atoms with Crippen molar-refractivity contribution < 1.29 is 13.5 Å². The van der Waals surface area contributed by atoms with Crippen LogP contribution in [0.2, 0.25) is 0 Å². The topological polar surface area (TPSA) is 57.6 Å². The highest BCUT2D eigenvalue weighted by atomic mass is 32.2. The van der Waals surface area contributed by atoms with Crippen molar-refractivity contribution in [1.29, 1.82) is 0 Å². The van der Waals surface area contributed by atoms with E-state index in [-0.39, 0.29) is 6.04 Å². The number of hydrogen-bond acceptors (Lipinski definition) is 4. The van der Waals surface area contributed by atoms with Gasteiger partial charge in [0.1, 0.15) is 0 Å². The maximum atomic E-state index is 12.7. The summed E-state index contributed by atoms with van der Waals surface area (Å²) in [5.74, 6) is 0.830. The number of nitrogens with zero attached hydrogens (tertiary/aromatic N) is 1. The molecule has 0 radical (unpaired) electrons. The van der Waals surface area contributed by atoms with Crippen LogP contribution in [0.25, 0.3) is 0 Å². The molecule has 1 heterocycles. The van der Waals surface area contributed by atoms with Crippen molar-refractivity contribution in [1.82, 2.24) is 4.31 Å². The van der Waals surface area contributed by atoms with Gasteiger partial charge in [-0.25, -0.2) is 8.42 Å². The molecular weight excluding hydrogens is 294 g/mol. The van der Waals surface area contributed by atoms with Crippen LogP contribution in [-0.4, -0.2) is 41.4 Å². The molecular formula is C14H21NO3S2. The molecule has 3 unspecified atom stereocenters. The van der Waals surface area contributed by atoms with Gasteiger partial charge in [0.05, 0.1) is 11.0 Å².